The first kappa shape index (κ1) is 24.0. The standard InChI is InChI=1S/C18H24F3N3O3.ClH/c1-12(27-15-7-3-2-6-14(15)18(19,20)21)17(26)24-10-4-5-13(11-24)16(25)23-9-8-22;/h2-3,6-7,12-13H,4-5,8-11,22H2,1H3,(H,23,25);1H. The summed E-state index contributed by atoms with van der Waals surface area (Å²) in [5, 5.41) is 2.70. The van der Waals surface area contributed by atoms with Crippen LogP contribution in [-0.2, 0) is 15.8 Å². The number of benzene rings is 1. The molecule has 6 nitrogen and oxygen atoms in total. The van der Waals surface area contributed by atoms with Gasteiger partial charge in [-0.25, -0.2) is 0 Å². The Hall–Kier alpha value is -2.00. The van der Waals surface area contributed by atoms with Crippen LogP contribution in [0.15, 0.2) is 24.3 Å². The number of para-hydroxylation sites is 1. The van der Waals surface area contributed by atoms with Crippen LogP contribution in [0.3, 0.4) is 0 Å². The summed E-state index contributed by atoms with van der Waals surface area (Å²) in [5.41, 5.74) is 4.43. The lowest BCUT2D eigenvalue weighted by atomic mass is 9.96. The van der Waals surface area contributed by atoms with Gasteiger partial charge in [0.1, 0.15) is 5.75 Å². The third kappa shape index (κ3) is 6.27. The van der Waals surface area contributed by atoms with E-state index >= 15 is 0 Å². The maximum atomic E-state index is 13.1. The van der Waals surface area contributed by atoms with Gasteiger partial charge >= 0.3 is 6.18 Å². The fourth-order valence-corrected chi connectivity index (χ4v) is 3.03. The van der Waals surface area contributed by atoms with Crippen LogP contribution in [0, 0.1) is 5.92 Å². The Labute approximate surface area is 168 Å². The average molecular weight is 424 g/mol. The van der Waals surface area contributed by atoms with Crippen LogP contribution in [0.2, 0.25) is 0 Å². The fraction of sp³-hybridized carbons (Fsp3) is 0.556. The molecule has 28 heavy (non-hydrogen) atoms. The Kier molecular flexibility index (Phi) is 9.03. The van der Waals surface area contributed by atoms with Crippen LogP contribution in [0.5, 0.6) is 5.75 Å². The van der Waals surface area contributed by atoms with Crippen LogP contribution >= 0.6 is 12.4 Å². The van der Waals surface area contributed by atoms with Crippen LogP contribution in [0.1, 0.15) is 25.3 Å². The molecule has 0 spiro atoms. The Bertz CT molecular complexity index is 673. The van der Waals surface area contributed by atoms with Gasteiger partial charge in [-0.3, -0.25) is 9.59 Å². The molecule has 1 heterocycles. The van der Waals surface area contributed by atoms with E-state index in [0.717, 1.165) is 6.07 Å². The zero-order valence-electron chi connectivity index (χ0n) is 15.5. The van der Waals surface area contributed by atoms with Crippen LogP contribution in [0.4, 0.5) is 13.2 Å². The Morgan fingerprint density at radius 1 is 1.36 bits per heavy atom. The molecule has 0 saturated carbocycles. The SMILES string of the molecule is CC(Oc1ccccc1C(F)(F)F)C(=O)N1CCCC(C(=O)NCCN)C1.Cl. The molecule has 10 heteroatoms. The Morgan fingerprint density at radius 3 is 2.68 bits per heavy atom. The number of nitrogens with one attached hydrogen (secondary N) is 1. The molecule has 158 valence electrons. The summed E-state index contributed by atoms with van der Waals surface area (Å²) < 4.78 is 44.5. The summed E-state index contributed by atoms with van der Waals surface area (Å²) in [7, 11) is 0. The van der Waals surface area contributed by atoms with Gasteiger partial charge in [-0.2, -0.15) is 13.2 Å². The first-order valence-corrected chi connectivity index (χ1v) is 8.83. The number of nitrogens with zero attached hydrogens (tertiary/aromatic N) is 1. The number of hydrogen-bond acceptors (Lipinski definition) is 4. The highest BCUT2D eigenvalue weighted by molar-refractivity contribution is 5.85. The first-order valence-electron chi connectivity index (χ1n) is 8.83. The molecule has 1 saturated heterocycles. The van der Waals surface area contributed by atoms with E-state index in [4.69, 9.17) is 10.5 Å². The molecule has 1 aromatic rings. The van der Waals surface area contributed by atoms with Crippen molar-refractivity contribution in [3.05, 3.63) is 29.8 Å². The monoisotopic (exact) mass is 423 g/mol. The van der Waals surface area contributed by atoms with Gasteiger partial charge in [0, 0.05) is 26.2 Å². The van der Waals surface area contributed by atoms with E-state index in [-0.39, 0.29) is 36.5 Å². The van der Waals surface area contributed by atoms with Crippen molar-refractivity contribution in [2.75, 3.05) is 26.2 Å². The minimum absolute atomic E-state index is 0. The molecule has 1 aromatic carbocycles. The lowest BCUT2D eigenvalue weighted by Gasteiger charge is -2.33. The second-order valence-electron chi connectivity index (χ2n) is 6.46. The van der Waals surface area contributed by atoms with Crippen molar-refractivity contribution in [1.29, 1.82) is 0 Å². The number of carbonyl (C=O) groups is 2. The van der Waals surface area contributed by atoms with Crippen molar-refractivity contribution in [2.45, 2.75) is 32.0 Å². The third-order valence-electron chi connectivity index (χ3n) is 4.39. The van der Waals surface area contributed by atoms with Crippen molar-refractivity contribution in [3.63, 3.8) is 0 Å². The number of alkyl halides is 3. The van der Waals surface area contributed by atoms with E-state index in [1.54, 1.807) is 0 Å². The van der Waals surface area contributed by atoms with Gasteiger partial charge in [-0.05, 0) is 31.9 Å². The summed E-state index contributed by atoms with van der Waals surface area (Å²) in [5.74, 6) is -1.36. The molecule has 1 fully saturated rings. The Morgan fingerprint density at radius 2 is 2.04 bits per heavy atom. The van der Waals surface area contributed by atoms with Gasteiger partial charge in [0.05, 0.1) is 11.5 Å². The number of carbonyl (C=O) groups excluding carboxylic acids is 2. The zero-order chi connectivity index (χ0) is 20.0. The molecular formula is C18H25ClF3N3O3. The summed E-state index contributed by atoms with van der Waals surface area (Å²) in [6.07, 6.45) is -4.39. The van der Waals surface area contributed by atoms with Crippen LogP contribution in [-0.4, -0.2) is 49.0 Å². The number of halogens is 4. The van der Waals surface area contributed by atoms with E-state index in [1.165, 1.54) is 30.0 Å². The number of amides is 2. The zero-order valence-corrected chi connectivity index (χ0v) is 16.3. The predicted molar refractivity (Wildman–Crippen MR) is 100 cm³/mol. The number of hydrogen-bond donors (Lipinski definition) is 2. The van der Waals surface area contributed by atoms with Gasteiger partial charge in [0.25, 0.3) is 5.91 Å². The molecule has 2 rings (SSSR count). The topological polar surface area (TPSA) is 84.7 Å². The van der Waals surface area contributed by atoms with Crippen molar-refractivity contribution >= 4 is 24.2 Å². The maximum absolute atomic E-state index is 13.1. The van der Waals surface area contributed by atoms with Gasteiger partial charge < -0.3 is 20.7 Å². The van der Waals surface area contributed by atoms with Crippen molar-refractivity contribution in [1.82, 2.24) is 10.2 Å². The van der Waals surface area contributed by atoms with E-state index in [1.807, 2.05) is 0 Å². The van der Waals surface area contributed by atoms with Gasteiger partial charge in [0.2, 0.25) is 5.91 Å². The van der Waals surface area contributed by atoms with Gasteiger partial charge in [-0.15, -0.1) is 12.4 Å². The number of ether oxygens (including phenoxy) is 1. The number of rotatable bonds is 6. The van der Waals surface area contributed by atoms with E-state index in [9.17, 15) is 22.8 Å². The number of nitrogens with two attached hydrogens (primary N) is 1. The van der Waals surface area contributed by atoms with Crippen LogP contribution < -0.4 is 15.8 Å². The molecule has 0 radical (unpaired) electrons. The first-order chi connectivity index (χ1) is 12.7. The molecule has 1 aliphatic rings. The van der Waals surface area contributed by atoms with Crippen molar-refractivity contribution in [3.8, 4) is 5.75 Å². The van der Waals surface area contributed by atoms with E-state index in [0.29, 0.717) is 32.5 Å². The second-order valence-corrected chi connectivity index (χ2v) is 6.46. The second kappa shape index (κ2) is 10.5. The quantitative estimate of drug-likeness (QED) is 0.734. The van der Waals surface area contributed by atoms with Gasteiger partial charge in [-0.1, -0.05) is 12.1 Å². The summed E-state index contributed by atoms with van der Waals surface area (Å²) in [6, 6.07) is 4.77. The highest BCUT2D eigenvalue weighted by atomic mass is 35.5. The molecule has 2 atom stereocenters. The normalized spacial score (nSPS) is 18.0. The summed E-state index contributed by atoms with van der Waals surface area (Å²) >= 11 is 0. The molecule has 1 aliphatic heterocycles. The van der Waals surface area contributed by atoms with E-state index < -0.39 is 23.8 Å². The van der Waals surface area contributed by atoms with Gasteiger partial charge in [0.15, 0.2) is 6.10 Å². The Balaban J connectivity index is 0.00000392. The molecule has 2 amide bonds. The highest BCUT2D eigenvalue weighted by Gasteiger charge is 2.36. The molecule has 0 bridgehead atoms. The largest absolute Gasteiger partial charge is 0.480 e. The molecule has 0 aromatic heterocycles. The highest BCUT2D eigenvalue weighted by Crippen LogP contribution is 2.36. The maximum Gasteiger partial charge on any atom is 0.419 e. The number of likely N-dealkylation sites (tertiary alicyclic amines) is 1. The molecule has 2 unspecified atom stereocenters. The van der Waals surface area contributed by atoms with Crippen LogP contribution in [0.25, 0.3) is 0 Å². The minimum Gasteiger partial charge on any atom is -0.480 e. The van der Waals surface area contributed by atoms with E-state index in [2.05, 4.69) is 5.32 Å². The lowest BCUT2D eigenvalue weighted by molar-refractivity contribution is -0.145. The summed E-state index contributed by atoms with van der Waals surface area (Å²) in [6.45, 7) is 2.74. The summed E-state index contributed by atoms with van der Waals surface area (Å²) in [4.78, 5) is 26.2. The minimum atomic E-state index is -4.57. The number of piperidine rings is 1. The van der Waals surface area contributed by atoms with Crippen molar-refractivity contribution < 1.29 is 27.5 Å². The molecule has 0 aliphatic carbocycles. The lowest BCUT2D eigenvalue weighted by Crippen LogP contribution is -2.49. The predicted octanol–water partition coefficient (Wildman–Crippen LogP) is 2.21. The third-order valence-corrected chi connectivity index (χ3v) is 4.39. The van der Waals surface area contributed by atoms with Crippen molar-refractivity contribution in [2.24, 2.45) is 11.7 Å². The fourth-order valence-electron chi connectivity index (χ4n) is 3.03. The smallest absolute Gasteiger partial charge is 0.419 e. The average Bonchev–Trinajstić information content (AvgIpc) is 2.65. The molecule has 3 N–H and O–H groups in total. The molecular weight excluding hydrogens is 399 g/mol.